The number of thiazole rings is 1. The van der Waals surface area contributed by atoms with Crippen LogP contribution in [-0.4, -0.2) is 13.0 Å². The van der Waals surface area contributed by atoms with Crippen LogP contribution in [0.25, 0.3) is 10.2 Å². The van der Waals surface area contributed by atoms with E-state index >= 15 is 0 Å². The van der Waals surface area contributed by atoms with E-state index in [1.165, 1.54) is 17.4 Å². The topological polar surface area (TPSA) is 68.2 Å². The average molecular weight is 354 g/mol. The summed E-state index contributed by atoms with van der Waals surface area (Å²) in [6.07, 6.45) is 0. The number of nitrogens with one attached hydrogen (secondary N) is 1. The summed E-state index contributed by atoms with van der Waals surface area (Å²) in [5.74, 6) is 0. The van der Waals surface area contributed by atoms with Crippen molar-refractivity contribution in [1.82, 2.24) is 9.29 Å². The Morgan fingerprint density at radius 1 is 1.27 bits per heavy atom. The number of hydrogen-bond acceptors (Lipinski definition) is 5. The van der Waals surface area contributed by atoms with E-state index in [1.54, 1.807) is 16.7 Å². The Morgan fingerprint density at radius 3 is 2.77 bits per heavy atom. The SMILES string of the molecule is CCn1c(=O)sc2cc(S(=O)(=O)NCc3cccs3)ccc21. The van der Waals surface area contributed by atoms with Crippen LogP contribution in [0.4, 0.5) is 0 Å². The predicted octanol–water partition coefficient (Wildman–Crippen LogP) is 2.62. The average Bonchev–Trinajstić information content (AvgIpc) is 3.10. The first-order valence-corrected chi connectivity index (χ1v) is 9.84. The third kappa shape index (κ3) is 2.87. The molecule has 0 aliphatic rings. The molecular formula is C14H14N2O3S3. The van der Waals surface area contributed by atoms with E-state index in [4.69, 9.17) is 0 Å². The number of aromatic nitrogens is 1. The third-order valence-corrected chi connectivity index (χ3v) is 6.50. The quantitative estimate of drug-likeness (QED) is 0.766. The second kappa shape index (κ2) is 5.96. The van der Waals surface area contributed by atoms with Crippen molar-refractivity contribution >= 4 is 42.9 Å². The van der Waals surface area contributed by atoms with Gasteiger partial charge in [0, 0.05) is 18.0 Å². The van der Waals surface area contributed by atoms with Crippen molar-refractivity contribution in [2.45, 2.75) is 24.9 Å². The van der Waals surface area contributed by atoms with Gasteiger partial charge in [0.1, 0.15) is 0 Å². The van der Waals surface area contributed by atoms with Crippen LogP contribution in [0, 0.1) is 0 Å². The lowest BCUT2D eigenvalue weighted by atomic mass is 10.3. The summed E-state index contributed by atoms with van der Waals surface area (Å²) < 4.78 is 29.6. The molecule has 116 valence electrons. The monoisotopic (exact) mass is 354 g/mol. The Balaban J connectivity index is 1.93. The molecule has 0 aliphatic heterocycles. The molecule has 0 saturated heterocycles. The lowest BCUT2D eigenvalue weighted by molar-refractivity contribution is 0.582. The van der Waals surface area contributed by atoms with E-state index < -0.39 is 10.0 Å². The van der Waals surface area contributed by atoms with Gasteiger partial charge in [-0.25, -0.2) is 13.1 Å². The molecule has 8 heteroatoms. The summed E-state index contributed by atoms with van der Waals surface area (Å²) in [5.41, 5.74) is 0.773. The van der Waals surface area contributed by atoms with Crippen LogP contribution in [0.15, 0.2) is 45.4 Å². The van der Waals surface area contributed by atoms with E-state index in [2.05, 4.69) is 4.72 Å². The highest BCUT2D eigenvalue weighted by Gasteiger charge is 2.16. The van der Waals surface area contributed by atoms with Crippen molar-refractivity contribution in [1.29, 1.82) is 0 Å². The van der Waals surface area contributed by atoms with Gasteiger partial charge in [-0.1, -0.05) is 17.4 Å². The van der Waals surface area contributed by atoms with E-state index in [0.717, 1.165) is 21.7 Å². The van der Waals surface area contributed by atoms with Crippen LogP contribution < -0.4 is 9.60 Å². The molecular weight excluding hydrogens is 340 g/mol. The highest BCUT2D eigenvalue weighted by atomic mass is 32.2. The highest BCUT2D eigenvalue weighted by molar-refractivity contribution is 7.89. The molecule has 1 N–H and O–H groups in total. The van der Waals surface area contributed by atoms with Gasteiger partial charge in [0.05, 0.1) is 15.1 Å². The molecule has 0 bridgehead atoms. The Hall–Kier alpha value is -1.48. The maximum absolute atomic E-state index is 12.3. The minimum absolute atomic E-state index is 0.0707. The maximum Gasteiger partial charge on any atom is 0.308 e. The number of fused-ring (bicyclic) bond motifs is 1. The van der Waals surface area contributed by atoms with Gasteiger partial charge in [-0.2, -0.15) is 0 Å². The predicted molar refractivity (Wildman–Crippen MR) is 90.1 cm³/mol. The van der Waals surface area contributed by atoms with Gasteiger partial charge in [0.25, 0.3) is 0 Å². The van der Waals surface area contributed by atoms with Gasteiger partial charge in [0.2, 0.25) is 10.0 Å². The van der Waals surface area contributed by atoms with E-state index in [-0.39, 0.29) is 16.3 Å². The Morgan fingerprint density at radius 2 is 2.09 bits per heavy atom. The Labute approximate surface area is 135 Å². The van der Waals surface area contributed by atoms with Crippen molar-refractivity contribution in [3.05, 3.63) is 50.3 Å². The zero-order valence-corrected chi connectivity index (χ0v) is 14.2. The van der Waals surface area contributed by atoms with Crippen LogP contribution >= 0.6 is 22.7 Å². The van der Waals surface area contributed by atoms with Crippen LogP contribution in [0.5, 0.6) is 0 Å². The largest absolute Gasteiger partial charge is 0.308 e. The van der Waals surface area contributed by atoms with E-state index in [1.807, 2.05) is 24.4 Å². The van der Waals surface area contributed by atoms with Crippen molar-refractivity contribution < 1.29 is 8.42 Å². The molecule has 3 aromatic rings. The molecule has 0 saturated carbocycles. The van der Waals surface area contributed by atoms with Crippen molar-refractivity contribution in [2.24, 2.45) is 0 Å². The molecule has 0 atom stereocenters. The first-order valence-electron chi connectivity index (χ1n) is 6.66. The maximum atomic E-state index is 12.3. The number of aryl methyl sites for hydroxylation is 1. The number of rotatable bonds is 5. The van der Waals surface area contributed by atoms with Gasteiger partial charge in [-0.3, -0.25) is 9.36 Å². The fraction of sp³-hybridized carbons (Fsp3) is 0.214. The standard InChI is InChI=1S/C14H14N2O3S3/c1-2-16-12-6-5-11(8-13(12)21-14(16)17)22(18,19)15-9-10-4-3-7-20-10/h3-8,15H,2,9H2,1H3. The Kier molecular flexibility index (Phi) is 4.18. The number of hydrogen-bond donors (Lipinski definition) is 1. The molecule has 0 aliphatic carbocycles. The zero-order chi connectivity index (χ0) is 15.7. The minimum atomic E-state index is -3.59. The summed E-state index contributed by atoms with van der Waals surface area (Å²) in [7, 11) is -3.59. The lowest BCUT2D eigenvalue weighted by Gasteiger charge is -2.06. The second-order valence-corrected chi connectivity index (χ2v) is 8.44. The first kappa shape index (κ1) is 15.4. The molecule has 1 aromatic carbocycles. The third-order valence-electron chi connectivity index (χ3n) is 3.28. The fourth-order valence-corrected chi connectivity index (χ4v) is 5.01. The van der Waals surface area contributed by atoms with Crippen molar-refractivity contribution in [3.63, 3.8) is 0 Å². The normalized spacial score (nSPS) is 12.0. The first-order chi connectivity index (χ1) is 10.5. The van der Waals surface area contributed by atoms with Crippen molar-refractivity contribution in [3.8, 4) is 0 Å². The summed E-state index contributed by atoms with van der Waals surface area (Å²) in [6, 6.07) is 8.55. The molecule has 3 rings (SSSR count). The van der Waals surface area contributed by atoms with Gasteiger partial charge < -0.3 is 0 Å². The number of thiophene rings is 1. The molecule has 2 aromatic heterocycles. The molecule has 0 fully saturated rings. The summed E-state index contributed by atoms with van der Waals surface area (Å²) >= 11 is 2.57. The molecule has 0 spiro atoms. The molecule has 0 amide bonds. The molecule has 22 heavy (non-hydrogen) atoms. The molecule has 0 unspecified atom stereocenters. The zero-order valence-electron chi connectivity index (χ0n) is 11.8. The number of nitrogens with zero attached hydrogens (tertiary/aromatic N) is 1. The van der Waals surface area contributed by atoms with Gasteiger partial charge in [-0.15, -0.1) is 11.3 Å². The van der Waals surface area contributed by atoms with E-state index in [0.29, 0.717) is 11.2 Å². The number of benzene rings is 1. The van der Waals surface area contributed by atoms with Crippen molar-refractivity contribution in [2.75, 3.05) is 0 Å². The van der Waals surface area contributed by atoms with Crippen LogP contribution in [0.2, 0.25) is 0 Å². The minimum Gasteiger partial charge on any atom is -0.299 e. The van der Waals surface area contributed by atoms with Gasteiger partial charge in [-0.05, 0) is 36.6 Å². The summed E-state index contributed by atoms with van der Waals surface area (Å²) in [5, 5.41) is 1.90. The highest BCUT2D eigenvalue weighted by Crippen LogP contribution is 2.22. The molecule has 2 heterocycles. The van der Waals surface area contributed by atoms with Gasteiger partial charge in [0.15, 0.2) is 0 Å². The molecule has 0 radical (unpaired) electrons. The number of sulfonamides is 1. The van der Waals surface area contributed by atoms with E-state index in [9.17, 15) is 13.2 Å². The summed E-state index contributed by atoms with van der Waals surface area (Å²) in [4.78, 5) is 12.9. The van der Waals surface area contributed by atoms with Crippen LogP contribution in [0.3, 0.4) is 0 Å². The smallest absolute Gasteiger partial charge is 0.299 e. The molecule has 5 nitrogen and oxygen atoms in total. The summed E-state index contributed by atoms with van der Waals surface area (Å²) in [6.45, 7) is 2.73. The van der Waals surface area contributed by atoms with Gasteiger partial charge >= 0.3 is 4.87 Å². The lowest BCUT2D eigenvalue weighted by Crippen LogP contribution is -2.22. The Bertz CT molecular complexity index is 953. The van der Waals surface area contributed by atoms with Crippen LogP contribution in [-0.2, 0) is 23.1 Å². The fourth-order valence-electron chi connectivity index (χ4n) is 2.18. The second-order valence-electron chi connectivity index (χ2n) is 4.65. The van der Waals surface area contributed by atoms with Crippen LogP contribution in [0.1, 0.15) is 11.8 Å².